The topological polar surface area (TPSA) is 65.2 Å². The Balaban J connectivity index is 0.00000121. The molecule has 0 atom stereocenters. The Labute approximate surface area is 84.5 Å². The van der Waals surface area contributed by atoms with E-state index in [-0.39, 0.29) is 29.4 Å². The molecule has 0 unspecified atom stereocenters. The Hall–Kier alpha value is -0.620. The molecule has 1 rings (SSSR count). The highest BCUT2D eigenvalue weighted by Gasteiger charge is 2.04. The number of nitrogen functional groups attached to an aromatic ring is 1. The summed E-state index contributed by atoms with van der Waals surface area (Å²) in [6.45, 7) is 0. The van der Waals surface area contributed by atoms with E-state index in [0.717, 1.165) is 4.88 Å². The minimum atomic E-state index is -0.270. The van der Waals surface area contributed by atoms with E-state index in [1.54, 1.807) is 6.20 Å². The number of nitrogens with two attached hydrogens (primary N) is 1. The minimum absolute atomic E-state index is 0. The molecule has 1 aromatic rings. The third-order valence-electron chi connectivity index (χ3n) is 1.12. The van der Waals surface area contributed by atoms with Crippen LogP contribution in [0.25, 0.3) is 0 Å². The number of ether oxygens (including phenoxy) is 1. The standard InChI is InChI=1S/C6H8N2O2S.BrH/c1-10-5(9)2-4-3-8-6(7)11-4;/h3H,2H2,1H3,(H2,7,8);1H. The molecule has 0 aromatic carbocycles. The van der Waals surface area contributed by atoms with Crippen LogP contribution < -0.4 is 5.73 Å². The number of nitrogens with zero attached hydrogens (tertiary/aromatic N) is 1. The van der Waals surface area contributed by atoms with Crippen LogP contribution in [0.1, 0.15) is 4.88 Å². The first-order valence-electron chi connectivity index (χ1n) is 2.99. The summed E-state index contributed by atoms with van der Waals surface area (Å²) in [6, 6.07) is 0. The predicted molar refractivity (Wildman–Crippen MR) is 52.6 cm³/mol. The molecule has 4 nitrogen and oxygen atoms in total. The molecule has 0 aliphatic carbocycles. The zero-order valence-corrected chi connectivity index (χ0v) is 8.97. The zero-order valence-electron chi connectivity index (χ0n) is 6.44. The van der Waals surface area contributed by atoms with Gasteiger partial charge in [0.2, 0.25) is 0 Å². The Kier molecular flexibility index (Phi) is 4.84. The van der Waals surface area contributed by atoms with Crippen LogP contribution in [0.2, 0.25) is 0 Å². The van der Waals surface area contributed by atoms with Crippen molar-refractivity contribution in [2.24, 2.45) is 0 Å². The van der Waals surface area contributed by atoms with Crippen LogP contribution in [0, 0.1) is 0 Å². The Bertz CT molecular complexity index is 264. The molecule has 0 bridgehead atoms. The summed E-state index contributed by atoms with van der Waals surface area (Å²) >= 11 is 1.30. The number of esters is 1. The van der Waals surface area contributed by atoms with Gasteiger partial charge in [-0.2, -0.15) is 0 Å². The van der Waals surface area contributed by atoms with Crippen LogP contribution in [-0.4, -0.2) is 18.1 Å². The highest BCUT2D eigenvalue weighted by atomic mass is 79.9. The van der Waals surface area contributed by atoms with Gasteiger partial charge in [0.1, 0.15) is 0 Å². The Morgan fingerprint density at radius 1 is 1.83 bits per heavy atom. The fourth-order valence-corrected chi connectivity index (χ4v) is 1.29. The molecule has 0 amide bonds. The van der Waals surface area contributed by atoms with Crippen molar-refractivity contribution in [2.45, 2.75) is 6.42 Å². The highest BCUT2D eigenvalue weighted by Crippen LogP contribution is 2.14. The Morgan fingerprint density at radius 2 is 2.50 bits per heavy atom. The first-order valence-corrected chi connectivity index (χ1v) is 3.81. The third kappa shape index (κ3) is 3.19. The first kappa shape index (κ1) is 11.4. The van der Waals surface area contributed by atoms with E-state index in [0.29, 0.717) is 5.13 Å². The van der Waals surface area contributed by atoms with E-state index in [1.807, 2.05) is 0 Å². The normalized spacial score (nSPS) is 8.75. The first-order chi connectivity index (χ1) is 5.22. The molecule has 0 spiro atoms. The van der Waals surface area contributed by atoms with Crippen molar-refractivity contribution in [3.63, 3.8) is 0 Å². The Morgan fingerprint density at radius 3 is 2.92 bits per heavy atom. The maximum Gasteiger partial charge on any atom is 0.310 e. The quantitative estimate of drug-likeness (QED) is 0.799. The molecule has 0 fully saturated rings. The number of anilines is 1. The maximum atomic E-state index is 10.7. The van der Waals surface area contributed by atoms with E-state index >= 15 is 0 Å². The van der Waals surface area contributed by atoms with E-state index in [1.165, 1.54) is 18.4 Å². The maximum absolute atomic E-state index is 10.7. The molecule has 0 radical (unpaired) electrons. The van der Waals surface area contributed by atoms with Gasteiger partial charge in [-0.25, -0.2) is 4.98 Å². The van der Waals surface area contributed by atoms with Crippen molar-refractivity contribution in [2.75, 3.05) is 12.8 Å². The second kappa shape index (κ2) is 5.10. The lowest BCUT2D eigenvalue weighted by Crippen LogP contribution is -2.02. The third-order valence-corrected chi connectivity index (χ3v) is 1.94. The second-order valence-corrected chi connectivity index (χ2v) is 3.06. The van der Waals surface area contributed by atoms with Crippen molar-refractivity contribution < 1.29 is 9.53 Å². The van der Waals surface area contributed by atoms with Gasteiger partial charge in [0.05, 0.1) is 13.5 Å². The number of methoxy groups -OCH3 is 1. The van der Waals surface area contributed by atoms with Crippen LogP contribution in [0.5, 0.6) is 0 Å². The van der Waals surface area contributed by atoms with E-state index in [9.17, 15) is 4.79 Å². The van der Waals surface area contributed by atoms with Crippen LogP contribution >= 0.6 is 28.3 Å². The predicted octanol–water partition coefficient (Wildman–Crippen LogP) is 1.02. The van der Waals surface area contributed by atoms with Gasteiger partial charge >= 0.3 is 5.97 Å². The van der Waals surface area contributed by atoms with Crippen molar-refractivity contribution in [3.8, 4) is 0 Å². The average Bonchev–Trinajstić information content (AvgIpc) is 2.35. The van der Waals surface area contributed by atoms with Gasteiger partial charge < -0.3 is 10.5 Å². The molecule has 2 N–H and O–H groups in total. The summed E-state index contributed by atoms with van der Waals surface area (Å²) < 4.78 is 4.46. The summed E-state index contributed by atoms with van der Waals surface area (Å²) in [5.74, 6) is -0.270. The number of hydrogen-bond donors (Lipinski definition) is 1. The lowest BCUT2D eigenvalue weighted by atomic mass is 10.4. The summed E-state index contributed by atoms with van der Waals surface area (Å²) in [7, 11) is 1.35. The van der Waals surface area contributed by atoms with Crippen LogP contribution in [-0.2, 0) is 16.0 Å². The summed E-state index contributed by atoms with van der Waals surface area (Å²) in [6.07, 6.45) is 1.84. The van der Waals surface area contributed by atoms with Crippen LogP contribution in [0.4, 0.5) is 5.13 Å². The van der Waals surface area contributed by atoms with Crippen LogP contribution in [0.3, 0.4) is 0 Å². The van der Waals surface area contributed by atoms with Gasteiger partial charge in [-0.3, -0.25) is 4.79 Å². The van der Waals surface area contributed by atoms with E-state index in [2.05, 4.69) is 9.72 Å². The van der Waals surface area contributed by atoms with Gasteiger partial charge in [-0.1, -0.05) is 0 Å². The number of carbonyl (C=O) groups excluding carboxylic acids is 1. The molecule has 0 aliphatic rings. The number of halogens is 1. The van der Waals surface area contributed by atoms with Crippen molar-refractivity contribution in [1.82, 2.24) is 4.98 Å². The average molecular weight is 253 g/mol. The van der Waals surface area contributed by atoms with E-state index < -0.39 is 0 Å². The molecule has 1 aromatic heterocycles. The van der Waals surface area contributed by atoms with E-state index in [4.69, 9.17) is 5.73 Å². The molecule has 0 saturated carbocycles. The monoisotopic (exact) mass is 252 g/mol. The molecule has 0 aliphatic heterocycles. The molecule has 68 valence electrons. The number of thiazole rings is 1. The van der Waals surface area contributed by atoms with Crippen LogP contribution in [0.15, 0.2) is 6.20 Å². The minimum Gasteiger partial charge on any atom is -0.469 e. The number of aromatic nitrogens is 1. The van der Waals surface area contributed by atoms with Crippen molar-refractivity contribution in [1.29, 1.82) is 0 Å². The van der Waals surface area contributed by atoms with Gasteiger partial charge in [0.15, 0.2) is 5.13 Å². The smallest absolute Gasteiger partial charge is 0.310 e. The highest BCUT2D eigenvalue weighted by molar-refractivity contribution is 8.93. The van der Waals surface area contributed by atoms with Gasteiger partial charge in [-0.05, 0) is 0 Å². The molecule has 6 heteroatoms. The van der Waals surface area contributed by atoms with Crippen molar-refractivity contribution >= 4 is 39.4 Å². The largest absolute Gasteiger partial charge is 0.469 e. The summed E-state index contributed by atoms with van der Waals surface area (Å²) in [5, 5.41) is 0.476. The fourth-order valence-electron chi connectivity index (χ4n) is 0.619. The number of rotatable bonds is 2. The SMILES string of the molecule is Br.COC(=O)Cc1cnc(N)s1. The summed E-state index contributed by atoms with van der Waals surface area (Å²) in [4.78, 5) is 15.3. The number of hydrogen-bond acceptors (Lipinski definition) is 5. The molecular formula is C6H9BrN2O2S. The molecule has 0 saturated heterocycles. The fraction of sp³-hybridized carbons (Fsp3) is 0.333. The van der Waals surface area contributed by atoms with Gasteiger partial charge in [0, 0.05) is 11.1 Å². The molecule has 1 heterocycles. The summed E-state index contributed by atoms with van der Waals surface area (Å²) in [5.41, 5.74) is 5.35. The lowest BCUT2D eigenvalue weighted by molar-refractivity contribution is -0.139. The van der Waals surface area contributed by atoms with Gasteiger partial charge in [0.25, 0.3) is 0 Å². The van der Waals surface area contributed by atoms with Gasteiger partial charge in [-0.15, -0.1) is 28.3 Å². The zero-order chi connectivity index (χ0) is 8.27. The lowest BCUT2D eigenvalue weighted by Gasteiger charge is -1.92. The molecular weight excluding hydrogens is 244 g/mol. The van der Waals surface area contributed by atoms with Crippen molar-refractivity contribution in [3.05, 3.63) is 11.1 Å². The molecule has 12 heavy (non-hydrogen) atoms. The second-order valence-electron chi connectivity index (χ2n) is 1.92. The number of carbonyl (C=O) groups is 1.